The van der Waals surface area contributed by atoms with Crippen molar-refractivity contribution in [1.29, 1.82) is 0 Å². The summed E-state index contributed by atoms with van der Waals surface area (Å²) in [5.74, 6) is 0.753. The Morgan fingerprint density at radius 3 is 2.68 bits per heavy atom. The monoisotopic (exact) mass is 372 g/mol. The first-order valence-electron chi connectivity index (χ1n) is 8.13. The predicted molar refractivity (Wildman–Crippen MR) is 104 cm³/mol. The Morgan fingerprint density at radius 2 is 2.04 bits per heavy atom. The third-order valence-electron chi connectivity index (χ3n) is 3.77. The number of carbonyl (C=O) groups excluding carboxylic acids is 1. The molecule has 3 aromatic rings. The van der Waals surface area contributed by atoms with Crippen LogP contribution in [0.3, 0.4) is 0 Å². The van der Waals surface area contributed by atoms with Crippen LogP contribution in [0, 0.1) is 6.92 Å². The van der Waals surface area contributed by atoms with Gasteiger partial charge in [-0.05, 0) is 49.9 Å². The second kappa shape index (κ2) is 7.80. The predicted octanol–water partition coefficient (Wildman–Crippen LogP) is 5.07. The van der Waals surface area contributed by atoms with E-state index in [1.807, 2.05) is 62.5 Å². The van der Waals surface area contributed by atoms with Crippen LogP contribution in [0.15, 0.2) is 41.8 Å². The maximum absolute atomic E-state index is 12.6. The molecule has 0 spiro atoms. The van der Waals surface area contributed by atoms with Crippen LogP contribution in [0.1, 0.15) is 40.8 Å². The number of thiazole rings is 1. The molecule has 1 amide bonds. The van der Waals surface area contributed by atoms with Crippen LogP contribution >= 0.6 is 22.7 Å². The number of rotatable bonds is 6. The normalized spacial score (nSPS) is 12.0. The van der Waals surface area contributed by atoms with Crippen molar-refractivity contribution in [2.45, 2.75) is 26.8 Å². The molecule has 0 radical (unpaired) electrons. The van der Waals surface area contributed by atoms with Crippen molar-refractivity contribution in [3.63, 3.8) is 0 Å². The van der Waals surface area contributed by atoms with Gasteiger partial charge in [-0.25, -0.2) is 4.98 Å². The van der Waals surface area contributed by atoms with Gasteiger partial charge >= 0.3 is 0 Å². The number of aryl methyl sites for hydroxylation is 1. The summed E-state index contributed by atoms with van der Waals surface area (Å²) in [7, 11) is 0. The van der Waals surface area contributed by atoms with Gasteiger partial charge in [0.15, 0.2) is 0 Å². The number of nitrogens with one attached hydrogen (secondary N) is 1. The van der Waals surface area contributed by atoms with E-state index in [9.17, 15) is 4.79 Å². The van der Waals surface area contributed by atoms with Gasteiger partial charge in [-0.2, -0.15) is 0 Å². The smallest absolute Gasteiger partial charge is 0.263 e. The second-order valence-electron chi connectivity index (χ2n) is 5.61. The molecule has 25 heavy (non-hydrogen) atoms. The maximum Gasteiger partial charge on any atom is 0.263 e. The van der Waals surface area contributed by atoms with Crippen LogP contribution in [0.4, 0.5) is 0 Å². The van der Waals surface area contributed by atoms with Crippen LogP contribution in [0.25, 0.3) is 9.88 Å². The van der Waals surface area contributed by atoms with E-state index in [4.69, 9.17) is 4.74 Å². The Labute approximate surface area is 155 Å². The molecule has 0 saturated carbocycles. The van der Waals surface area contributed by atoms with Crippen molar-refractivity contribution < 1.29 is 9.53 Å². The van der Waals surface area contributed by atoms with Crippen molar-refractivity contribution in [3.05, 3.63) is 57.9 Å². The van der Waals surface area contributed by atoms with Crippen LogP contribution in [0.2, 0.25) is 0 Å². The molecule has 3 rings (SSSR count). The molecule has 1 aromatic carbocycles. The van der Waals surface area contributed by atoms with E-state index in [1.165, 1.54) is 11.3 Å². The molecule has 0 fully saturated rings. The van der Waals surface area contributed by atoms with E-state index < -0.39 is 0 Å². The Bertz CT molecular complexity index is 839. The summed E-state index contributed by atoms with van der Waals surface area (Å²) in [5, 5.41) is 5.97. The molecule has 6 heteroatoms. The van der Waals surface area contributed by atoms with E-state index in [0.717, 1.165) is 26.9 Å². The average Bonchev–Trinajstić information content (AvgIpc) is 3.25. The first-order valence-corrected chi connectivity index (χ1v) is 9.83. The molecule has 1 N–H and O–H groups in total. The summed E-state index contributed by atoms with van der Waals surface area (Å²) < 4.78 is 5.45. The summed E-state index contributed by atoms with van der Waals surface area (Å²) >= 11 is 3.07. The van der Waals surface area contributed by atoms with Crippen LogP contribution < -0.4 is 10.1 Å². The Morgan fingerprint density at radius 1 is 1.28 bits per heavy atom. The van der Waals surface area contributed by atoms with Crippen molar-refractivity contribution in [1.82, 2.24) is 10.3 Å². The molecule has 0 aliphatic rings. The van der Waals surface area contributed by atoms with Crippen LogP contribution in [0.5, 0.6) is 5.75 Å². The molecule has 0 saturated heterocycles. The van der Waals surface area contributed by atoms with E-state index in [2.05, 4.69) is 10.3 Å². The van der Waals surface area contributed by atoms with Gasteiger partial charge in [-0.15, -0.1) is 22.7 Å². The Balaban J connectivity index is 1.71. The lowest BCUT2D eigenvalue weighted by molar-refractivity contribution is 0.0943. The molecule has 0 aliphatic carbocycles. The van der Waals surface area contributed by atoms with E-state index in [0.29, 0.717) is 11.5 Å². The summed E-state index contributed by atoms with van der Waals surface area (Å²) in [6.45, 7) is 6.45. The molecule has 4 nitrogen and oxygen atoms in total. The molecular formula is C19H20N2O2S2. The van der Waals surface area contributed by atoms with Crippen LogP contribution in [-0.2, 0) is 0 Å². The third kappa shape index (κ3) is 4.08. The lowest BCUT2D eigenvalue weighted by Gasteiger charge is -2.14. The Kier molecular flexibility index (Phi) is 5.50. The summed E-state index contributed by atoms with van der Waals surface area (Å²) in [5.41, 5.74) is 1.81. The van der Waals surface area contributed by atoms with Gasteiger partial charge in [0.25, 0.3) is 5.91 Å². The quantitative estimate of drug-likeness (QED) is 0.657. The van der Waals surface area contributed by atoms with Crippen molar-refractivity contribution in [2.75, 3.05) is 6.61 Å². The highest BCUT2D eigenvalue weighted by Crippen LogP contribution is 2.31. The van der Waals surface area contributed by atoms with Gasteiger partial charge < -0.3 is 10.1 Å². The van der Waals surface area contributed by atoms with Gasteiger partial charge in [-0.3, -0.25) is 4.79 Å². The first-order chi connectivity index (χ1) is 12.1. The number of hydrogen-bond acceptors (Lipinski definition) is 5. The lowest BCUT2D eigenvalue weighted by Crippen LogP contribution is -2.26. The molecule has 0 bridgehead atoms. The molecule has 0 aliphatic heterocycles. The second-order valence-corrected chi connectivity index (χ2v) is 7.55. The number of amides is 1. The van der Waals surface area contributed by atoms with Gasteiger partial charge in [0, 0.05) is 0 Å². The van der Waals surface area contributed by atoms with Gasteiger partial charge in [-0.1, -0.05) is 18.2 Å². The number of ether oxygens (including phenoxy) is 1. The molecular weight excluding hydrogens is 352 g/mol. The molecule has 130 valence electrons. The first kappa shape index (κ1) is 17.6. The largest absolute Gasteiger partial charge is 0.494 e. The fourth-order valence-corrected chi connectivity index (χ4v) is 4.24. The minimum Gasteiger partial charge on any atom is -0.494 e. The van der Waals surface area contributed by atoms with Crippen molar-refractivity contribution in [2.24, 2.45) is 0 Å². The summed E-state index contributed by atoms with van der Waals surface area (Å²) in [6.07, 6.45) is 0. The molecule has 0 unspecified atom stereocenters. The van der Waals surface area contributed by atoms with Crippen LogP contribution in [-0.4, -0.2) is 17.5 Å². The average molecular weight is 373 g/mol. The highest BCUT2D eigenvalue weighted by molar-refractivity contribution is 7.22. The fourth-order valence-electron chi connectivity index (χ4n) is 2.48. The zero-order chi connectivity index (χ0) is 17.8. The summed E-state index contributed by atoms with van der Waals surface area (Å²) in [6, 6.07) is 11.7. The number of nitrogens with zero attached hydrogens (tertiary/aromatic N) is 1. The minimum atomic E-state index is -0.0881. The topological polar surface area (TPSA) is 51.2 Å². The van der Waals surface area contributed by atoms with E-state index in [-0.39, 0.29) is 11.9 Å². The van der Waals surface area contributed by atoms with Crippen molar-refractivity contribution >= 4 is 28.6 Å². The SMILES string of the molecule is CCOc1ccc([C@H](C)NC(=O)c2sc(-c3cccs3)nc2C)cc1. The zero-order valence-corrected chi connectivity index (χ0v) is 16.0. The third-order valence-corrected chi connectivity index (χ3v) is 5.97. The lowest BCUT2D eigenvalue weighted by atomic mass is 10.1. The fraction of sp³-hybridized carbons (Fsp3) is 0.263. The molecule has 1 atom stereocenters. The summed E-state index contributed by atoms with van der Waals surface area (Å²) in [4.78, 5) is 18.9. The van der Waals surface area contributed by atoms with E-state index >= 15 is 0 Å². The van der Waals surface area contributed by atoms with Crippen molar-refractivity contribution in [3.8, 4) is 15.6 Å². The maximum atomic E-state index is 12.6. The minimum absolute atomic E-state index is 0.0841. The number of carbonyl (C=O) groups is 1. The zero-order valence-electron chi connectivity index (χ0n) is 14.4. The van der Waals surface area contributed by atoms with Gasteiger partial charge in [0.2, 0.25) is 0 Å². The highest BCUT2D eigenvalue weighted by atomic mass is 32.1. The standard InChI is InChI=1S/C19H20N2O2S2/c1-4-23-15-9-7-14(8-10-15)12(2)20-18(22)17-13(3)21-19(25-17)16-6-5-11-24-16/h5-12H,4H2,1-3H3,(H,20,22)/t12-/m0/s1. The number of aromatic nitrogens is 1. The van der Waals surface area contributed by atoms with E-state index in [1.54, 1.807) is 11.3 Å². The molecule has 2 aromatic heterocycles. The number of thiophene rings is 1. The number of hydrogen-bond donors (Lipinski definition) is 1. The molecule has 2 heterocycles. The Hall–Kier alpha value is -2.18. The highest BCUT2D eigenvalue weighted by Gasteiger charge is 2.18. The van der Waals surface area contributed by atoms with Gasteiger partial charge in [0.1, 0.15) is 15.6 Å². The number of benzene rings is 1. The van der Waals surface area contributed by atoms with Gasteiger partial charge in [0.05, 0.1) is 23.2 Å².